The van der Waals surface area contributed by atoms with Gasteiger partial charge in [0, 0.05) is 22.4 Å². The number of rotatable bonds is 9. The first-order chi connectivity index (χ1) is 16.6. The lowest BCUT2D eigenvalue weighted by atomic mass is 9.88. The molecule has 6 nitrogen and oxygen atoms in total. The summed E-state index contributed by atoms with van der Waals surface area (Å²) in [7, 11) is 0. The van der Waals surface area contributed by atoms with Crippen molar-refractivity contribution in [3.8, 4) is 11.7 Å². The van der Waals surface area contributed by atoms with Crippen molar-refractivity contribution in [2.24, 2.45) is 0 Å². The Morgan fingerprint density at radius 1 is 1.06 bits per heavy atom. The normalized spacial score (nSPS) is 14.3. The Labute approximate surface area is 210 Å². The van der Waals surface area contributed by atoms with Crippen LogP contribution in [0.25, 0.3) is 5.95 Å². The first kappa shape index (κ1) is 24.6. The second kappa shape index (κ2) is 11.7. The Morgan fingerprint density at radius 3 is 2.41 bits per heavy atom. The first-order valence-corrected chi connectivity index (χ1v) is 13.2. The van der Waals surface area contributed by atoms with Gasteiger partial charge in [0.25, 0.3) is 5.56 Å². The molecular formula is C27H33BrN4O2. The zero-order chi connectivity index (χ0) is 23.9. The molecule has 0 saturated heterocycles. The van der Waals surface area contributed by atoms with Crippen molar-refractivity contribution in [1.82, 2.24) is 19.5 Å². The van der Waals surface area contributed by atoms with Crippen LogP contribution >= 0.6 is 15.9 Å². The third kappa shape index (κ3) is 5.74. The lowest BCUT2D eigenvalue weighted by Gasteiger charge is -2.25. The van der Waals surface area contributed by atoms with E-state index in [4.69, 9.17) is 9.72 Å². The van der Waals surface area contributed by atoms with Gasteiger partial charge in [0.1, 0.15) is 5.82 Å². The molecule has 0 atom stereocenters. The predicted octanol–water partition coefficient (Wildman–Crippen LogP) is 6.16. The summed E-state index contributed by atoms with van der Waals surface area (Å²) in [5, 5.41) is 0. The van der Waals surface area contributed by atoms with Crippen LogP contribution in [0, 0.1) is 0 Å². The summed E-state index contributed by atoms with van der Waals surface area (Å²) in [6, 6.07) is 8.14. The van der Waals surface area contributed by atoms with Crippen molar-refractivity contribution in [3.05, 3.63) is 74.1 Å². The molecule has 1 aliphatic rings. The van der Waals surface area contributed by atoms with Crippen LogP contribution in [0.2, 0.25) is 0 Å². The summed E-state index contributed by atoms with van der Waals surface area (Å²) >= 11 is 3.50. The van der Waals surface area contributed by atoms with Crippen LogP contribution in [0.4, 0.5) is 0 Å². The van der Waals surface area contributed by atoms with Crippen molar-refractivity contribution < 1.29 is 4.74 Å². The second-order valence-electron chi connectivity index (χ2n) is 8.93. The van der Waals surface area contributed by atoms with E-state index in [0.29, 0.717) is 24.7 Å². The number of benzene rings is 1. The van der Waals surface area contributed by atoms with Crippen LogP contribution in [0.1, 0.15) is 87.4 Å². The molecule has 3 aromatic rings. The summed E-state index contributed by atoms with van der Waals surface area (Å²) < 4.78 is 8.22. The van der Waals surface area contributed by atoms with Gasteiger partial charge in [-0.15, -0.1) is 0 Å². The average Bonchev–Trinajstić information content (AvgIpc) is 2.87. The quantitative estimate of drug-likeness (QED) is 0.335. The van der Waals surface area contributed by atoms with Crippen molar-refractivity contribution in [1.29, 1.82) is 0 Å². The summed E-state index contributed by atoms with van der Waals surface area (Å²) in [4.78, 5) is 28.3. The number of halogens is 1. The topological polar surface area (TPSA) is 69.9 Å². The smallest absolute Gasteiger partial charge is 0.264 e. The maximum Gasteiger partial charge on any atom is 0.264 e. The zero-order valence-electron chi connectivity index (χ0n) is 20.1. The van der Waals surface area contributed by atoms with E-state index in [1.807, 2.05) is 19.1 Å². The summed E-state index contributed by atoms with van der Waals surface area (Å²) in [5.74, 6) is 2.04. The molecule has 2 heterocycles. The van der Waals surface area contributed by atoms with Gasteiger partial charge in [-0.25, -0.2) is 19.5 Å². The Kier molecular flexibility index (Phi) is 8.48. The third-order valence-corrected chi connectivity index (χ3v) is 6.97. The van der Waals surface area contributed by atoms with Gasteiger partial charge in [-0.1, -0.05) is 60.7 Å². The number of hydrogen-bond acceptors (Lipinski definition) is 5. The molecule has 0 amide bonds. The molecule has 180 valence electrons. The lowest BCUT2D eigenvalue weighted by molar-refractivity contribution is 0.337. The maximum absolute atomic E-state index is 14.1. The van der Waals surface area contributed by atoms with Crippen LogP contribution in [-0.2, 0) is 12.8 Å². The highest BCUT2D eigenvalue weighted by atomic mass is 79.9. The van der Waals surface area contributed by atoms with E-state index in [2.05, 4.69) is 45.0 Å². The fraction of sp³-hybridized carbons (Fsp3) is 0.481. The molecule has 0 unspecified atom stereocenters. The second-order valence-corrected chi connectivity index (χ2v) is 9.84. The summed E-state index contributed by atoms with van der Waals surface area (Å²) in [5.41, 5.74) is 2.71. The molecule has 1 aliphatic carbocycles. The number of nitrogens with zero attached hydrogens (tertiary/aromatic N) is 4. The Morgan fingerprint density at radius 2 is 1.76 bits per heavy atom. The Balaban J connectivity index is 1.86. The van der Waals surface area contributed by atoms with Gasteiger partial charge in [0.05, 0.1) is 24.7 Å². The fourth-order valence-electron chi connectivity index (χ4n) is 4.65. The van der Waals surface area contributed by atoms with E-state index < -0.39 is 0 Å². The molecule has 1 fully saturated rings. The van der Waals surface area contributed by atoms with E-state index in [9.17, 15) is 4.79 Å². The lowest BCUT2D eigenvalue weighted by Crippen LogP contribution is -2.32. The van der Waals surface area contributed by atoms with Crippen LogP contribution in [0.5, 0.6) is 5.75 Å². The zero-order valence-corrected chi connectivity index (χ0v) is 21.7. The highest BCUT2D eigenvalue weighted by molar-refractivity contribution is 9.10. The number of unbranched alkanes of at least 4 members (excludes halogenated alkanes) is 1. The molecule has 4 rings (SSSR count). The SMILES string of the molecule is CCCCc1nc(C2CCCCC2)n(-c2ncc(OCC)cn2)c(=O)c1Cc1ccc(Br)cc1. The molecule has 0 aliphatic heterocycles. The molecule has 1 aromatic carbocycles. The number of aryl methyl sites for hydroxylation is 1. The molecule has 0 spiro atoms. The minimum Gasteiger partial charge on any atom is -0.491 e. The van der Waals surface area contributed by atoms with E-state index in [-0.39, 0.29) is 11.5 Å². The van der Waals surface area contributed by atoms with Crippen molar-refractivity contribution >= 4 is 15.9 Å². The highest BCUT2D eigenvalue weighted by Crippen LogP contribution is 2.32. The van der Waals surface area contributed by atoms with Gasteiger partial charge in [0.15, 0.2) is 5.75 Å². The van der Waals surface area contributed by atoms with Gasteiger partial charge < -0.3 is 4.74 Å². The molecule has 7 heteroatoms. The molecule has 1 saturated carbocycles. The highest BCUT2D eigenvalue weighted by Gasteiger charge is 2.26. The number of aromatic nitrogens is 4. The van der Waals surface area contributed by atoms with E-state index in [1.54, 1.807) is 17.0 Å². The van der Waals surface area contributed by atoms with Crippen LogP contribution in [-0.4, -0.2) is 26.1 Å². The number of hydrogen-bond donors (Lipinski definition) is 0. The third-order valence-electron chi connectivity index (χ3n) is 6.45. The molecule has 0 bridgehead atoms. The van der Waals surface area contributed by atoms with E-state index in [0.717, 1.165) is 72.1 Å². The minimum atomic E-state index is -0.0474. The van der Waals surface area contributed by atoms with Crippen molar-refractivity contribution in [3.63, 3.8) is 0 Å². The fourth-order valence-corrected chi connectivity index (χ4v) is 4.91. The summed E-state index contributed by atoms with van der Waals surface area (Å²) in [6.07, 6.45) is 12.4. The molecule has 0 N–H and O–H groups in total. The molecular weight excluding hydrogens is 492 g/mol. The van der Waals surface area contributed by atoms with Crippen molar-refractivity contribution in [2.75, 3.05) is 6.61 Å². The molecule has 0 radical (unpaired) electrons. The molecule has 34 heavy (non-hydrogen) atoms. The summed E-state index contributed by atoms with van der Waals surface area (Å²) in [6.45, 7) is 4.64. The van der Waals surface area contributed by atoms with E-state index in [1.165, 1.54) is 6.42 Å². The van der Waals surface area contributed by atoms with Crippen molar-refractivity contribution in [2.45, 2.75) is 77.6 Å². The Hall–Kier alpha value is -2.54. The van der Waals surface area contributed by atoms with Gasteiger partial charge in [-0.2, -0.15) is 0 Å². The average molecular weight is 525 g/mol. The van der Waals surface area contributed by atoms with Gasteiger partial charge in [0.2, 0.25) is 5.95 Å². The van der Waals surface area contributed by atoms with Crippen LogP contribution in [0.15, 0.2) is 45.9 Å². The predicted molar refractivity (Wildman–Crippen MR) is 138 cm³/mol. The van der Waals surface area contributed by atoms with E-state index >= 15 is 0 Å². The standard InChI is InChI=1S/C27H33BrN4O2/c1-3-5-11-24-23(16-19-12-14-21(28)15-13-19)26(33)32(25(31-24)20-9-7-6-8-10-20)27-29-17-22(18-30-27)34-4-2/h12-15,17-18,20H,3-11,16H2,1-2H3. The largest absolute Gasteiger partial charge is 0.491 e. The van der Waals surface area contributed by atoms with Gasteiger partial charge in [-0.3, -0.25) is 4.79 Å². The van der Waals surface area contributed by atoms with Crippen LogP contribution in [0.3, 0.4) is 0 Å². The minimum absolute atomic E-state index is 0.0474. The monoisotopic (exact) mass is 524 g/mol. The van der Waals surface area contributed by atoms with Gasteiger partial charge >= 0.3 is 0 Å². The van der Waals surface area contributed by atoms with Crippen LogP contribution < -0.4 is 10.3 Å². The first-order valence-electron chi connectivity index (χ1n) is 12.4. The maximum atomic E-state index is 14.1. The molecule has 2 aromatic heterocycles. The number of ether oxygens (including phenoxy) is 1. The Bertz CT molecular complexity index is 1140. The van der Waals surface area contributed by atoms with Gasteiger partial charge in [-0.05, 0) is 50.3 Å².